The zero-order valence-corrected chi connectivity index (χ0v) is 46.9. The van der Waals surface area contributed by atoms with Crippen LogP contribution in [0.25, 0.3) is 0 Å². The minimum absolute atomic E-state index is 0.00136. The lowest BCUT2D eigenvalue weighted by atomic mass is 9.78. The second-order valence-corrected chi connectivity index (χ2v) is 22.1. The summed E-state index contributed by atoms with van der Waals surface area (Å²) in [5, 5.41) is 42.3. The van der Waals surface area contributed by atoms with Gasteiger partial charge >= 0.3 is 5.97 Å². The van der Waals surface area contributed by atoms with Crippen LogP contribution in [0.5, 0.6) is 0 Å². The summed E-state index contributed by atoms with van der Waals surface area (Å²) < 4.78 is 54.2. The highest BCUT2D eigenvalue weighted by Gasteiger charge is 2.73. The van der Waals surface area contributed by atoms with Gasteiger partial charge in [0.1, 0.15) is 30.1 Å². The van der Waals surface area contributed by atoms with E-state index in [0.717, 1.165) is 12.0 Å². The molecule has 0 amide bonds. The van der Waals surface area contributed by atoms with Gasteiger partial charge in [0.05, 0.1) is 77.3 Å². The second kappa shape index (κ2) is 31.1. The molecule has 3 bridgehead atoms. The Hall–Kier alpha value is -3.08. The highest BCUT2D eigenvalue weighted by atomic mass is 16.8. The van der Waals surface area contributed by atoms with Gasteiger partial charge in [-0.15, -0.1) is 0 Å². The Balaban J connectivity index is 1.45. The monoisotopic (exact) mass is 1080 g/mol. The number of ether oxygens (including phenoxy) is 9. The summed E-state index contributed by atoms with van der Waals surface area (Å²) in [7, 11) is 3.02. The smallest absolute Gasteiger partial charge is 0.323 e. The first kappa shape index (κ1) is 63.7. The average Bonchev–Trinajstić information content (AvgIpc) is 3.42. The van der Waals surface area contributed by atoms with Crippen molar-refractivity contribution in [3.8, 4) is 0 Å². The standard InChI is InChI=1S/C58H93NO17/c1-37-15-11-10-12-16-38(2)49(73-30-29-71-28-27-70-25-23-60)35-45-20-18-43(7)57(75-45)56(66)58(67,76-57)59-22-14-13-17-46(59)55(65)74-50(40(4)33-44-19-21-48(72-26-24-61)51(34-44)68-8)36-47(62)39(3)32-42(6)53(64)54(69-9)52(63)41(5)31-37/h10-12,15-16,32,37,39-41,43-46,48-51,53-54,60-61,64,67H,13-14,17-31,33-36H2,1-9H3/b12-10+,15-11+,38-16+,42-32+/t37-,39-,40-,41-,43-,44+,45+,46+,48-,49?,50+,51-,53-,54+,57+,58?/m1/s1. The molecule has 6 aliphatic rings. The van der Waals surface area contributed by atoms with Crippen molar-refractivity contribution in [2.75, 3.05) is 73.6 Å². The number of carbonyl (C=O) groups is 4. The number of nitrogens with zero attached hydrogens (tertiary/aromatic N) is 1. The maximum atomic E-state index is 14.7. The molecule has 4 N–H and O–H groups in total. The number of hydrogen-bond acceptors (Lipinski definition) is 18. The van der Waals surface area contributed by atoms with E-state index in [0.29, 0.717) is 76.6 Å². The van der Waals surface area contributed by atoms with Crippen molar-refractivity contribution >= 4 is 23.3 Å². The summed E-state index contributed by atoms with van der Waals surface area (Å²) in [5.74, 6) is -7.90. The van der Waals surface area contributed by atoms with E-state index in [1.54, 1.807) is 27.0 Å². The number of Topliss-reactive ketones (excluding diaryl/α,β-unsaturated/α-hetero) is 3. The van der Waals surface area contributed by atoms with Crippen LogP contribution in [-0.4, -0.2) is 183 Å². The van der Waals surface area contributed by atoms with Crippen LogP contribution in [-0.2, 0) is 61.8 Å². The van der Waals surface area contributed by atoms with Crippen molar-refractivity contribution in [3.63, 3.8) is 0 Å². The zero-order chi connectivity index (χ0) is 55.6. The van der Waals surface area contributed by atoms with Gasteiger partial charge in [-0.3, -0.25) is 23.9 Å². The third-order valence-electron chi connectivity index (χ3n) is 16.2. The minimum atomic E-state index is -2.47. The molecule has 76 heavy (non-hydrogen) atoms. The summed E-state index contributed by atoms with van der Waals surface area (Å²) in [5.41, 5.74) is 1.28. The van der Waals surface area contributed by atoms with Crippen molar-refractivity contribution in [1.29, 1.82) is 0 Å². The maximum absolute atomic E-state index is 14.7. The molecule has 432 valence electrons. The third-order valence-corrected chi connectivity index (χ3v) is 16.2. The molecule has 18 nitrogen and oxygen atoms in total. The van der Waals surface area contributed by atoms with Gasteiger partial charge in [-0.25, -0.2) is 4.90 Å². The SMILES string of the molecule is CO[C@@H]1C[C@H](C[C@@H](C)[C@@H]2CC(=O)[C@H](C)/C=C(\C)[C@@H](O)[C@@H](OC)C(=O)[C@H](C)C[C@H](C)/C=C/C=C/C=C(\C)C(OCCOCCOCCO)C[C@@H]3CC[C@@H](C)[C@]4(O3)OC(O)(C4=O)N3CCCC[C@H]3C(=O)O2)CC[C@H]1OCCO. The van der Waals surface area contributed by atoms with Crippen molar-refractivity contribution in [2.45, 2.75) is 186 Å². The molecule has 2 unspecified atom stereocenters. The summed E-state index contributed by atoms with van der Waals surface area (Å²) in [6.45, 7) is 14.6. The van der Waals surface area contributed by atoms with Gasteiger partial charge < -0.3 is 58.3 Å². The Morgan fingerprint density at radius 2 is 1.51 bits per heavy atom. The predicted octanol–water partition coefficient (Wildman–Crippen LogP) is 5.75. The molecular formula is C58H93NO17. The summed E-state index contributed by atoms with van der Waals surface area (Å²) in [4.78, 5) is 59.0. The maximum Gasteiger partial charge on any atom is 0.323 e. The molecule has 1 aliphatic carbocycles. The first-order chi connectivity index (χ1) is 36.3. The van der Waals surface area contributed by atoms with Crippen LogP contribution in [0.4, 0.5) is 0 Å². The summed E-state index contributed by atoms with van der Waals surface area (Å²) >= 11 is 0. The van der Waals surface area contributed by atoms with Crippen molar-refractivity contribution < 1.29 is 82.2 Å². The first-order valence-electron chi connectivity index (χ1n) is 28.1. The van der Waals surface area contributed by atoms with E-state index in [2.05, 4.69) is 0 Å². The Morgan fingerprint density at radius 1 is 0.789 bits per heavy atom. The summed E-state index contributed by atoms with van der Waals surface area (Å²) in [6.07, 6.45) is 12.7. The number of hydrogen-bond donors (Lipinski definition) is 4. The van der Waals surface area contributed by atoms with E-state index in [9.17, 15) is 34.5 Å². The number of piperidine rings is 1. The number of rotatable bonds is 17. The van der Waals surface area contributed by atoms with E-state index >= 15 is 0 Å². The second-order valence-electron chi connectivity index (χ2n) is 22.1. The molecule has 5 aliphatic heterocycles. The van der Waals surface area contributed by atoms with Crippen LogP contribution >= 0.6 is 0 Å². The minimum Gasteiger partial charge on any atom is -0.460 e. The number of esters is 1. The summed E-state index contributed by atoms with van der Waals surface area (Å²) in [6, 6.07) is -1.08. The Labute approximate surface area is 451 Å². The molecule has 1 spiro atoms. The third kappa shape index (κ3) is 17.0. The fraction of sp³-hybridized carbons (Fsp3) is 0.793. The first-order valence-corrected chi connectivity index (χ1v) is 28.1. The molecule has 0 aromatic carbocycles. The topological polar surface area (TPSA) is 236 Å². The molecule has 0 aromatic rings. The van der Waals surface area contributed by atoms with E-state index < -0.39 is 77.8 Å². The molecule has 0 aromatic heterocycles. The quantitative estimate of drug-likeness (QED) is 0.0771. The van der Waals surface area contributed by atoms with Crippen molar-refractivity contribution in [3.05, 3.63) is 47.6 Å². The molecule has 1 saturated carbocycles. The van der Waals surface area contributed by atoms with Gasteiger partial charge in [0, 0.05) is 51.4 Å². The zero-order valence-electron chi connectivity index (χ0n) is 46.9. The molecule has 16 atom stereocenters. The van der Waals surface area contributed by atoms with Gasteiger partial charge in [0.15, 0.2) is 5.78 Å². The lowest BCUT2D eigenvalue weighted by Gasteiger charge is -2.59. The number of carbonyl (C=O) groups excluding carboxylic acids is 4. The molecule has 6 rings (SSSR count). The van der Waals surface area contributed by atoms with Gasteiger partial charge in [-0.1, -0.05) is 77.5 Å². The average molecular weight is 1080 g/mol. The van der Waals surface area contributed by atoms with E-state index in [4.69, 9.17) is 47.7 Å². The number of fused-ring (bicyclic) bond motifs is 17. The van der Waals surface area contributed by atoms with Crippen LogP contribution < -0.4 is 0 Å². The highest BCUT2D eigenvalue weighted by Crippen LogP contribution is 2.51. The molecule has 3 saturated heterocycles. The van der Waals surface area contributed by atoms with Crippen LogP contribution in [0.3, 0.4) is 0 Å². The number of aliphatic hydroxyl groups excluding tert-OH is 3. The molecule has 18 heteroatoms. The van der Waals surface area contributed by atoms with Crippen molar-refractivity contribution in [2.24, 2.45) is 35.5 Å². The lowest BCUT2D eigenvalue weighted by molar-refractivity contribution is -0.451. The van der Waals surface area contributed by atoms with Crippen molar-refractivity contribution in [1.82, 2.24) is 4.90 Å². The Bertz CT molecular complexity index is 1970. The lowest BCUT2D eigenvalue weighted by Crippen LogP contribution is -2.81. The fourth-order valence-electron chi connectivity index (χ4n) is 11.7. The number of aliphatic hydroxyl groups is 4. The molecule has 4 fully saturated rings. The van der Waals surface area contributed by atoms with Gasteiger partial charge in [-0.05, 0) is 101 Å². The van der Waals surface area contributed by atoms with Crippen LogP contribution in [0.15, 0.2) is 47.6 Å². The van der Waals surface area contributed by atoms with E-state index in [1.807, 2.05) is 65.0 Å². The number of methoxy groups -OCH3 is 2. The van der Waals surface area contributed by atoms with Gasteiger partial charge in [-0.2, -0.15) is 0 Å². The van der Waals surface area contributed by atoms with E-state index in [1.165, 1.54) is 12.0 Å². The highest BCUT2D eigenvalue weighted by molar-refractivity contribution is 5.97. The largest absolute Gasteiger partial charge is 0.460 e. The Morgan fingerprint density at radius 3 is 2.21 bits per heavy atom. The van der Waals surface area contributed by atoms with Crippen LogP contribution in [0.1, 0.15) is 126 Å². The van der Waals surface area contributed by atoms with Gasteiger partial charge in [0.2, 0.25) is 5.79 Å². The van der Waals surface area contributed by atoms with Crippen LogP contribution in [0.2, 0.25) is 0 Å². The van der Waals surface area contributed by atoms with Gasteiger partial charge in [0.25, 0.3) is 11.7 Å². The fourth-order valence-corrected chi connectivity index (χ4v) is 11.7. The Kier molecular flexibility index (Phi) is 26.1. The normalized spacial score (nSPS) is 38.9. The predicted molar refractivity (Wildman–Crippen MR) is 282 cm³/mol. The number of allylic oxidation sites excluding steroid dienone is 6. The number of ketones is 3. The molecular weight excluding hydrogens is 983 g/mol. The van der Waals surface area contributed by atoms with E-state index in [-0.39, 0.29) is 101 Å². The van der Waals surface area contributed by atoms with Crippen LogP contribution in [0, 0.1) is 35.5 Å². The molecule has 0 radical (unpaired) electrons. The molecule has 5 heterocycles.